The highest BCUT2D eigenvalue weighted by Crippen LogP contribution is 2.27. The van der Waals surface area contributed by atoms with E-state index in [4.69, 9.17) is 11.6 Å². The van der Waals surface area contributed by atoms with Crippen LogP contribution < -0.4 is 9.62 Å². The lowest BCUT2D eigenvalue weighted by Gasteiger charge is -2.33. The highest BCUT2D eigenvalue weighted by Gasteiger charge is 2.32. The summed E-state index contributed by atoms with van der Waals surface area (Å²) in [4.78, 5) is 28.2. The van der Waals surface area contributed by atoms with E-state index >= 15 is 0 Å². The fraction of sp³-hybridized carbons (Fsp3) is 0.462. The summed E-state index contributed by atoms with van der Waals surface area (Å²) in [5, 5.41) is 3.28. The predicted molar refractivity (Wildman–Crippen MR) is 142 cm³/mol. The number of anilines is 1. The maximum absolute atomic E-state index is 13.7. The molecule has 0 aliphatic carbocycles. The molecule has 1 N–H and O–H groups in total. The third-order valence-electron chi connectivity index (χ3n) is 5.66. The fourth-order valence-electron chi connectivity index (χ4n) is 3.68. The second-order valence-electron chi connectivity index (χ2n) is 9.27. The second-order valence-corrected chi connectivity index (χ2v) is 11.6. The van der Waals surface area contributed by atoms with Crippen LogP contribution in [0.15, 0.2) is 42.5 Å². The molecule has 0 aliphatic rings. The van der Waals surface area contributed by atoms with Gasteiger partial charge in [0.1, 0.15) is 12.6 Å². The molecule has 7 nitrogen and oxygen atoms in total. The Morgan fingerprint density at radius 2 is 1.69 bits per heavy atom. The Hall–Kier alpha value is -2.58. The van der Waals surface area contributed by atoms with Crippen LogP contribution in [0, 0.1) is 19.8 Å². The van der Waals surface area contributed by atoms with Gasteiger partial charge in [-0.15, -0.1) is 0 Å². The first-order valence-corrected chi connectivity index (χ1v) is 13.9. The number of nitrogens with one attached hydrogen (secondary N) is 1. The van der Waals surface area contributed by atoms with E-state index in [1.807, 2.05) is 52.0 Å². The van der Waals surface area contributed by atoms with Crippen molar-refractivity contribution in [3.8, 4) is 0 Å². The molecular formula is C26H36ClN3O4S. The molecule has 0 heterocycles. The lowest BCUT2D eigenvalue weighted by atomic mass is 10.1. The minimum Gasteiger partial charge on any atom is -0.354 e. The maximum Gasteiger partial charge on any atom is 0.244 e. The molecule has 0 fully saturated rings. The maximum atomic E-state index is 13.7. The van der Waals surface area contributed by atoms with Gasteiger partial charge in [0.15, 0.2) is 0 Å². The summed E-state index contributed by atoms with van der Waals surface area (Å²) in [6.07, 6.45) is 1.44. The van der Waals surface area contributed by atoms with Crippen molar-refractivity contribution in [3.05, 3.63) is 64.2 Å². The molecule has 35 heavy (non-hydrogen) atoms. The quantitative estimate of drug-likeness (QED) is 0.477. The Bertz CT molecular complexity index is 1130. The second kappa shape index (κ2) is 12.4. The summed E-state index contributed by atoms with van der Waals surface area (Å²) >= 11 is 6.14. The number of sulfonamides is 1. The summed E-state index contributed by atoms with van der Waals surface area (Å²) in [7, 11) is -3.81. The molecule has 0 aliphatic heterocycles. The van der Waals surface area contributed by atoms with E-state index in [1.165, 1.54) is 11.0 Å². The fourth-order valence-corrected chi connectivity index (χ4v) is 4.74. The number of rotatable bonds is 11. The molecule has 0 bridgehead atoms. The van der Waals surface area contributed by atoms with Crippen molar-refractivity contribution in [3.63, 3.8) is 0 Å². The Kier molecular flexibility index (Phi) is 10.2. The zero-order chi connectivity index (χ0) is 26.3. The lowest BCUT2D eigenvalue weighted by molar-refractivity contribution is -0.140. The monoisotopic (exact) mass is 521 g/mol. The molecule has 2 aromatic carbocycles. The molecule has 0 unspecified atom stereocenters. The van der Waals surface area contributed by atoms with Crippen LogP contribution in [-0.2, 0) is 26.2 Å². The minimum atomic E-state index is -3.81. The largest absolute Gasteiger partial charge is 0.354 e. The number of aryl methyl sites for hydroxylation is 2. The van der Waals surface area contributed by atoms with E-state index < -0.39 is 28.5 Å². The van der Waals surface area contributed by atoms with Crippen LogP contribution >= 0.6 is 11.6 Å². The molecule has 2 rings (SSSR count). The molecular weight excluding hydrogens is 486 g/mol. The van der Waals surface area contributed by atoms with Crippen LogP contribution in [0.2, 0.25) is 5.02 Å². The van der Waals surface area contributed by atoms with E-state index in [2.05, 4.69) is 5.32 Å². The third-order valence-corrected chi connectivity index (χ3v) is 7.02. The number of halogens is 1. The number of carbonyl (C=O) groups is 2. The average Bonchev–Trinajstić information content (AvgIpc) is 2.78. The number of carbonyl (C=O) groups excluding carboxylic acids is 2. The van der Waals surface area contributed by atoms with Crippen LogP contribution in [0.4, 0.5) is 5.69 Å². The minimum absolute atomic E-state index is 0.179. The normalized spacial score (nSPS) is 12.3. The van der Waals surface area contributed by atoms with E-state index in [9.17, 15) is 18.0 Å². The number of benzene rings is 2. The van der Waals surface area contributed by atoms with Gasteiger partial charge in [-0.3, -0.25) is 13.9 Å². The van der Waals surface area contributed by atoms with Gasteiger partial charge in [0.05, 0.1) is 11.9 Å². The van der Waals surface area contributed by atoms with E-state index in [0.29, 0.717) is 29.2 Å². The van der Waals surface area contributed by atoms with Gasteiger partial charge in [0, 0.05) is 18.1 Å². The first-order valence-electron chi connectivity index (χ1n) is 11.7. The Labute approximate surface area is 214 Å². The zero-order valence-electron chi connectivity index (χ0n) is 21.3. The van der Waals surface area contributed by atoms with Crippen LogP contribution in [0.1, 0.15) is 43.9 Å². The van der Waals surface area contributed by atoms with Gasteiger partial charge in [-0.05, 0) is 49.4 Å². The highest BCUT2D eigenvalue weighted by molar-refractivity contribution is 7.92. The van der Waals surface area contributed by atoms with E-state index in [1.54, 1.807) is 19.1 Å². The van der Waals surface area contributed by atoms with Crippen molar-refractivity contribution in [2.45, 2.75) is 53.6 Å². The molecule has 192 valence electrons. The van der Waals surface area contributed by atoms with Crippen molar-refractivity contribution >= 4 is 39.1 Å². The number of nitrogens with zero attached hydrogens (tertiary/aromatic N) is 2. The standard InChI is InChI=1S/C26H36ClN3O4S/c1-7-23(26(32)28-15-18(2)3)29(16-21-11-8-19(4)9-12-21)25(31)17-30(35(6,33)34)24-14-22(27)13-10-20(24)5/h8-14,18,23H,7,15-17H2,1-6H3,(H,28,32)/t23-/m1/s1. The Morgan fingerprint density at radius 1 is 1.06 bits per heavy atom. The van der Waals surface area contributed by atoms with Crippen molar-refractivity contribution in [1.29, 1.82) is 0 Å². The average molecular weight is 522 g/mol. The van der Waals surface area contributed by atoms with Crippen molar-refractivity contribution in [2.24, 2.45) is 5.92 Å². The van der Waals surface area contributed by atoms with Crippen molar-refractivity contribution in [2.75, 3.05) is 23.7 Å². The molecule has 2 aromatic rings. The molecule has 0 aromatic heterocycles. The topological polar surface area (TPSA) is 86.8 Å². The molecule has 0 radical (unpaired) electrons. The van der Waals surface area contributed by atoms with Crippen LogP contribution in [-0.4, -0.2) is 50.5 Å². The van der Waals surface area contributed by atoms with Gasteiger partial charge in [-0.2, -0.15) is 0 Å². The van der Waals surface area contributed by atoms with Crippen LogP contribution in [0.3, 0.4) is 0 Å². The van der Waals surface area contributed by atoms with E-state index in [-0.39, 0.29) is 18.4 Å². The first-order chi connectivity index (χ1) is 16.3. The summed E-state index contributed by atoms with van der Waals surface area (Å²) in [6.45, 7) is 9.77. The summed E-state index contributed by atoms with van der Waals surface area (Å²) < 4.78 is 26.5. The summed E-state index contributed by atoms with van der Waals surface area (Å²) in [5.74, 6) is -0.474. The van der Waals surface area contributed by atoms with Gasteiger partial charge in [-0.25, -0.2) is 8.42 Å². The molecule has 0 spiro atoms. The molecule has 0 saturated carbocycles. The van der Waals surface area contributed by atoms with Gasteiger partial charge < -0.3 is 10.2 Å². The molecule has 2 amide bonds. The number of hydrogen-bond donors (Lipinski definition) is 1. The Balaban J connectivity index is 2.45. The smallest absolute Gasteiger partial charge is 0.244 e. The zero-order valence-corrected chi connectivity index (χ0v) is 22.9. The first kappa shape index (κ1) is 28.7. The predicted octanol–water partition coefficient (Wildman–Crippen LogP) is 4.30. The lowest BCUT2D eigenvalue weighted by Crippen LogP contribution is -2.52. The van der Waals surface area contributed by atoms with Gasteiger partial charge >= 0.3 is 0 Å². The van der Waals surface area contributed by atoms with E-state index in [0.717, 1.165) is 21.7 Å². The van der Waals surface area contributed by atoms with Crippen molar-refractivity contribution < 1.29 is 18.0 Å². The van der Waals surface area contributed by atoms with Crippen LogP contribution in [0.5, 0.6) is 0 Å². The third kappa shape index (κ3) is 8.25. The number of amides is 2. The van der Waals surface area contributed by atoms with Gasteiger partial charge in [-0.1, -0.05) is 68.3 Å². The Morgan fingerprint density at radius 3 is 2.23 bits per heavy atom. The van der Waals surface area contributed by atoms with Gasteiger partial charge in [0.25, 0.3) is 0 Å². The molecule has 0 saturated heterocycles. The highest BCUT2D eigenvalue weighted by atomic mass is 35.5. The van der Waals surface area contributed by atoms with Crippen molar-refractivity contribution in [1.82, 2.24) is 10.2 Å². The van der Waals surface area contributed by atoms with Gasteiger partial charge in [0.2, 0.25) is 21.8 Å². The SMILES string of the molecule is CC[C@H](C(=O)NCC(C)C)N(Cc1ccc(C)cc1)C(=O)CN(c1cc(Cl)ccc1C)S(C)(=O)=O. The molecule has 9 heteroatoms. The van der Waals surface area contributed by atoms with Crippen LogP contribution in [0.25, 0.3) is 0 Å². The molecule has 1 atom stereocenters. The summed E-state index contributed by atoms with van der Waals surface area (Å²) in [6, 6.07) is 11.9. The number of hydrogen-bond acceptors (Lipinski definition) is 4. The summed E-state index contributed by atoms with van der Waals surface area (Å²) in [5.41, 5.74) is 2.93.